The van der Waals surface area contributed by atoms with Gasteiger partial charge in [-0.05, 0) is 12.1 Å². The Hall–Kier alpha value is -0.737. The normalized spacial score (nSPS) is 17.1. The Kier molecular flexibility index (Phi) is 2.54. The minimum Gasteiger partial charge on any atom is -0.268 e. The van der Waals surface area contributed by atoms with Crippen molar-refractivity contribution >= 4 is 15.9 Å². The van der Waals surface area contributed by atoms with E-state index in [1.807, 2.05) is 4.72 Å². The molecule has 13 heavy (non-hydrogen) atoms. The Labute approximate surface area is 88.1 Å². The standard InChI is InChI=1S/C7H5NO3S.Zn/c9-7-5-3-1-2-4-6(5)12(10,11)8-7;/h1-4H,(H,8,9);/q;+2. The Bertz CT molecular complexity index is 455. The van der Waals surface area contributed by atoms with Gasteiger partial charge in [0.1, 0.15) is 4.90 Å². The number of sulfonamides is 1. The number of amides is 1. The maximum absolute atomic E-state index is 11.1. The molecule has 0 unspecified atom stereocenters. The van der Waals surface area contributed by atoms with Crippen molar-refractivity contribution in [3.8, 4) is 0 Å². The van der Waals surface area contributed by atoms with Crippen LogP contribution >= 0.6 is 0 Å². The monoisotopic (exact) mass is 247 g/mol. The van der Waals surface area contributed by atoms with Crippen LogP contribution in [0.15, 0.2) is 29.2 Å². The van der Waals surface area contributed by atoms with E-state index >= 15 is 0 Å². The third-order valence-electron chi connectivity index (χ3n) is 1.65. The number of benzene rings is 1. The summed E-state index contributed by atoms with van der Waals surface area (Å²) in [7, 11) is -3.55. The molecule has 0 atom stereocenters. The van der Waals surface area contributed by atoms with Gasteiger partial charge in [-0.1, -0.05) is 12.1 Å². The van der Waals surface area contributed by atoms with E-state index in [-0.39, 0.29) is 29.9 Å². The molecule has 4 nitrogen and oxygen atoms in total. The number of nitrogens with one attached hydrogen (secondary N) is 1. The molecule has 62 valence electrons. The second-order valence-corrected chi connectivity index (χ2v) is 4.08. The second-order valence-electron chi connectivity index (χ2n) is 2.43. The van der Waals surface area contributed by atoms with Crippen molar-refractivity contribution in [3.05, 3.63) is 29.8 Å². The average Bonchev–Trinajstić information content (AvgIpc) is 2.25. The number of hydrogen-bond acceptors (Lipinski definition) is 3. The maximum Gasteiger partial charge on any atom is 2.00 e. The summed E-state index contributed by atoms with van der Waals surface area (Å²) in [6.45, 7) is 0. The van der Waals surface area contributed by atoms with E-state index in [0.717, 1.165) is 0 Å². The van der Waals surface area contributed by atoms with Gasteiger partial charge < -0.3 is 0 Å². The fourth-order valence-corrected chi connectivity index (χ4v) is 2.29. The molecule has 2 rings (SSSR count). The minimum absolute atomic E-state index is 0. The van der Waals surface area contributed by atoms with Crippen molar-refractivity contribution < 1.29 is 32.7 Å². The number of carbonyl (C=O) groups is 1. The molecular formula is C7H5NO3SZn+2. The zero-order valence-electron chi connectivity index (χ0n) is 6.65. The van der Waals surface area contributed by atoms with Crippen molar-refractivity contribution in [2.75, 3.05) is 0 Å². The zero-order chi connectivity index (χ0) is 8.77. The molecule has 0 aliphatic carbocycles. The third kappa shape index (κ3) is 1.51. The van der Waals surface area contributed by atoms with Crippen LogP contribution in [-0.2, 0) is 29.5 Å². The van der Waals surface area contributed by atoms with Crippen LogP contribution in [0.5, 0.6) is 0 Å². The van der Waals surface area contributed by atoms with Gasteiger partial charge >= 0.3 is 19.5 Å². The Morgan fingerprint density at radius 3 is 2.38 bits per heavy atom. The van der Waals surface area contributed by atoms with Gasteiger partial charge in [-0.15, -0.1) is 0 Å². The first-order chi connectivity index (χ1) is 5.61. The molecule has 0 spiro atoms. The van der Waals surface area contributed by atoms with E-state index in [4.69, 9.17) is 0 Å². The van der Waals surface area contributed by atoms with E-state index in [1.54, 1.807) is 12.1 Å². The molecule has 1 aromatic rings. The smallest absolute Gasteiger partial charge is 0.268 e. The van der Waals surface area contributed by atoms with Crippen molar-refractivity contribution in [1.82, 2.24) is 4.72 Å². The molecule has 1 amide bonds. The van der Waals surface area contributed by atoms with Gasteiger partial charge in [0.15, 0.2) is 0 Å². The Morgan fingerprint density at radius 1 is 1.15 bits per heavy atom. The summed E-state index contributed by atoms with van der Waals surface area (Å²) in [5, 5.41) is 0. The minimum atomic E-state index is -3.55. The predicted molar refractivity (Wildman–Crippen MR) is 41.1 cm³/mol. The summed E-state index contributed by atoms with van der Waals surface area (Å²) in [5.74, 6) is -0.550. The fraction of sp³-hybridized carbons (Fsp3) is 0. The SMILES string of the molecule is O=C1NS(=O)(=O)c2ccccc21.[Zn+2]. The molecule has 0 saturated heterocycles. The number of carbonyl (C=O) groups excluding carboxylic acids is 1. The van der Waals surface area contributed by atoms with Crippen LogP contribution in [0.4, 0.5) is 0 Å². The molecule has 1 aromatic carbocycles. The van der Waals surface area contributed by atoms with Crippen LogP contribution in [0, 0.1) is 0 Å². The molecule has 0 bridgehead atoms. The van der Waals surface area contributed by atoms with E-state index in [0.29, 0.717) is 0 Å². The predicted octanol–water partition coefficient (Wildman–Crippen LogP) is 0.116. The number of fused-ring (bicyclic) bond motifs is 1. The van der Waals surface area contributed by atoms with Crippen molar-refractivity contribution in [2.45, 2.75) is 4.90 Å². The van der Waals surface area contributed by atoms with Crippen LogP contribution in [0.1, 0.15) is 10.4 Å². The van der Waals surface area contributed by atoms with E-state index in [9.17, 15) is 13.2 Å². The first-order valence-electron chi connectivity index (χ1n) is 3.27. The average molecular weight is 249 g/mol. The van der Waals surface area contributed by atoms with Crippen LogP contribution in [-0.4, -0.2) is 14.3 Å². The Balaban J connectivity index is 0.000000845. The van der Waals surface area contributed by atoms with Gasteiger partial charge in [0.25, 0.3) is 15.9 Å². The molecule has 6 heteroatoms. The van der Waals surface area contributed by atoms with Gasteiger partial charge in [-0.25, -0.2) is 13.1 Å². The summed E-state index contributed by atoms with van der Waals surface area (Å²) < 4.78 is 24.2. The van der Waals surface area contributed by atoms with Crippen LogP contribution < -0.4 is 4.72 Å². The van der Waals surface area contributed by atoms with Gasteiger partial charge in [0.05, 0.1) is 5.56 Å². The molecule has 1 aliphatic rings. The van der Waals surface area contributed by atoms with E-state index in [2.05, 4.69) is 0 Å². The number of rotatable bonds is 0. The van der Waals surface area contributed by atoms with E-state index < -0.39 is 15.9 Å². The summed E-state index contributed by atoms with van der Waals surface area (Å²) in [6.07, 6.45) is 0. The number of hydrogen-bond donors (Lipinski definition) is 1. The molecular weight excluding hydrogens is 244 g/mol. The summed E-state index contributed by atoms with van der Waals surface area (Å²) in [5.41, 5.74) is 0.220. The summed E-state index contributed by atoms with van der Waals surface area (Å²) in [6, 6.07) is 6.09. The van der Waals surface area contributed by atoms with Crippen molar-refractivity contribution in [1.29, 1.82) is 0 Å². The molecule has 1 aliphatic heterocycles. The van der Waals surface area contributed by atoms with Gasteiger partial charge in [0.2, 0.25) is 0 Å². The van der Waals surface area contributed by atoms with Crippen molar-refractivity contribution in [3.63, 3.8) is 0 Å². The van der Waals surface area contributed by atoms with Crippen LogP contribution in [0.25, 0.3) is 0 Å². The fourth-order valence-electron chi connectivity index (χ4n) is 1.12. The molecule has 0 saturated carbocycles. The molecule has 0 aromatic heterocycles. The first kappa shape index (κ1) is 10.3. The summed E-state index contributed by atoms with van der Waals surface area (Å²) >= 11 is 0. The Morgan fingerprint density at radius 2 is 1.77 bits per heavy atom. The van der Waals surface area contributed by atoms with Crippen LogP contribution in [0.2, 0.25) is 0 Å². The maximum atomic E-state index is 11.1. The second kappa shape index (κ2) is 3.20. The van der Waals surface area contributed by atoms with Gasteiger partial charge in [-0.3, -0.25) is 4.79 Å². The third-order valence-corrected chi connectivity index (χ3v) is 3.04. The molecule has 0 fully saturated rings. The van der Waals surface area contributed by atoms with Gasteiger partial charge in [-0.2, -0.15) is 0 Å². The quantitative estimate of drug-likeness (QED) is 0.663. The zero-order valence-corrected chi connectivity index (χ0v) is 10.4. The largest absolute Gasteiger partial charge is 2.00 e. The molecule has 1 heterocycles. The molecule has 0 radical (unpaired) electrons. The van der Waals surface area contributed by atoms with Crippen LogP contribution in [0.3, 0.4) is 0 Å². The van der Waals surface area contributed by atoms with Crippen molar-refractivity contribution in [2.24, 2.45) is 0 Å². The van der Waals surface area contributed by atoms with E-state index in [1.165, 1.54) is 12.1 Å². The topological polar surface area (TPSA) is 63.2 Å². The summed E-state index contributed by atoms with van der Waals surface area (Å²) in [4.78, 5) is 11.1. The van der Waals surface area contributed by atoms with Gasteiger partial charge in [0, 0.05) is 0 Å². The first-order valence-corrected chi connectivity index (χ1v) is 4.76. The molecule has 1 N–H and O–H groups in total.